The Bertz CT molecular complexity index is 515. The average molecular weight is 210 g/mol. The van der Waals surface area contributed by atoms with Gasteiger partial charge < -0.3 is 0 Å². The molecule has 2 heterocycles. The maximum atomic E-state index is 10.6. The van der Waals surface area contributed by atoms with Crippen LogP contribution in [0.5, 0.6) is 0 Å². The molecular formula is C8H4ClN3O2. The molecule has 2 aromatic heterocycles. The van der Waals surface area contributed by atoms with Crippen molar-refractivity contribution in [1.29, 1.82) is 0 Å². The Labute approximate surface area is 83.5 Å². The van der Waals surface area contributed by atoms with Crippen LogP contribution in [0.2, 0.25) is 5.15 Å². The fourth-order valence-electron chi connectivity index (χ4n) is 1.17. The summed E-state index contributed by atoms with van der Waals surface area (Å²) in [7, 11) is 0. The van der Waals surface area contributed by atoms with Gasteiger partial charge in [0.25, 0.3) is 5.69 Å². The zero-order valence-electron chi connectivity index (χ0n) is 6.85. The lowest BCUT2D eigenvalue weighted by Crippen LogP contribution is -1.92. The highest BCUT2D eigenvalue weighted by Gasteiger charge is 2.14. The molecule has 0 saturated heterocycles. The van der Waals surface area contributed by atoms with Gasteiger partial charge in [-0.05, 0) is 12.1 Å². The molecule has 0 aromatic carbocycles. The molecule has 2 aromatic rings. The Balaban J connectivity index is 2.88. The molecule has 0 amide bonds. The van der Waals surface area contributed by atoms with Crippen LogP contribution >= 0.6 is 11.6 Å². The van der Waals surface area contributed by atoms with Gasteiger partial charge in [-0.15, -0.1) is 0 Å². The third kappa shape index (κ3) is 1.27. The highest BCUT2D eigenvalue weighted by Crippen LogP contribution is 2.26. The number of rotatable bonds is 1. The van der Waals surface area contributed by atoms with E-state index in [1.54, 1.807) is 12.1 Å². The summed E-state index contributed by atoms with van der Waals surface area (Å²) in [5.41, 5.74) is 0.265. The van der Waals surface area contributed by atoms with Gasteiger partial charge in [0.15, 0.2) is 5.15 Å². The quantitative estimate of drug-likeness (QED) is 0.410. The van der Waals surface area contributed by atoms with Gasteiger partial charge in [0.05, 0.1) is 10.3 Å². The first kappa shape index (κ1) is 8.83. The van der Waals surface area contributed by atoms with Crippen molar-refractivity contribution in [2.24, 2.45) is 0 Å². The van der Waals surface area contributed by atoms with Gasteiger partial charge in [-0.2, -0.15) is 0 Å². The molecule has 0 aliphatic heterocycles. The molecule has 0 fully saturated rings. The van der Waals surface area contributed by atoms with Crippen molar-refractivity contribution in [2.75, 3.05) is 0 Å². The monoisotopic (exact) mass is 209 g/mol. The maximum absolute atomic E-state index is 10.6. The lowest BCUT2D eigenvalue weighted by molar-refractivity contribution is -0.383. The molecule has 2 rings (SSSR count). The van der Waals surface area contributed by atoms with Crippen LogP contribution in [0.3, 0.4) is 0 Å². The van der Waals surface area contributed by atoms with Gasteiger partial charge in [0, 0.05) is 6.20 Å². The van der Waals surface area contributed by atoms with E-state index in [4.69, 9.17) is 11.6 Å². The first-order valence-corrected chi connectivity index (χ1v) is 4.11. The number of hydrogen-bond donors (Lipinski definition) is 0. The summed E-state index contributed by atoms with van der Waals surface area (Å²) in [6, 6.07) is 3.21. The third-order valence-electron chi connectivity index (χ3n) is 1.78. The van der Waals surface area contributed by atoms with Crippen molar-refractivity contribution < 1.29 is 4.92 Å². The molecular weight excluding hydrogens is 206 g/mol. The molecule has 70 valence electrons. The molecule has 14 heavy (non-hydrogen) atoms. The van der Waals surface area contributed by atoms with Crippen molar-refractivity contribution in [3.8, 4) is 0 Å². The number of pyridine rings is 2. The summed E-state index contributed by atoms with van der Waals surface area (Å²) in [5, 5.41) is 11.2. The Morgan fingerprint density at radius 2 is 2.21 bits per heavy atom. The summed E-state index contributed by atoms with van der Waals surface area (Å²) in [4.78, 5) is 17.7. The summed E-state index contributed by atoms with van der Waals surface area (Å²) in [5.74, 6) is 0. The van der Waals surface area contributed by atoms with Crippen LogP contribution in [0.4, 0.5) is 5.69 Å². The molecule has 5 nitrogen and oxygen atoms in total. The largest absolute Gasteiger partial charge is 0.297 e. The normalized spacial score (nSPS) is 10.4. The highest BCUT2D eigenvalue weighted by atomic mass is 35.5. The number of halogens is 1. The fraction of sp³-hybridized carbons (Fsp3) is 0. The summed E-state index contributed by atoms with van der Waals surface area (Å²) >= 11 is 5.74. The smallest absolute Gasteiger partial charge is 0.258 e. The number of aromatic nitrogens is 2. The van der Waals surface area contributed by atoms with E-state index in [2.05, 4.69) is 9.97 Å². The maximum Gasteiger partial charge on any atom is 0.297 e. The van der Waals surface area contributed by atoms with E-state index in [0.717, 1.165) is 6.20 Å². The second-order valence-electron chi connectivity index (χ2n) is 2.59. The molecule has 0 spiro atoms. The van der Waals surface area contributed by atoms with Gasteiger partial charge in [0.2, 0.25) is 0 Å². The van der Waals surface area contributed by atoms with Crippen LogP contribution in [0, 0.1) is 10.1 Å². The van der Waals surface area contributed by atoms with E-state index >= 15 is 0 Å². The van der Waals surface area contributed by atoms with E-state index in [1.807, 2.05) is 0 Å². The standard InChI is InChI=1S/C8H4ClN3O2/c9-8-7-5(2-1-3-10-7)6(4-11-8)12(13)14/h1-4H. The minimum Gasteiger partial charge on any atom is -0.258 e. The van der Waals surface area contributed by atoms with E-state index in [9.17, 15) is 10.1 Å². The predicted molar refractivity (Wildman–Crippen MR) is 51.2 cm³/mol. The Kier molecular flexibility index (Phi) is 2.01. The van der Waals surface area contributed by atoms with E-state index in [1.165, 1.54) is 6.20 Å². The molecule has 0 radical (unpaired) electrons. The van der Waals surface area contributed by atoms with Crippen molar-refractivity contribution in [3.05, 3.63) is 39.8 Å². The first-order valence-electron chi connectivity index (χ1n) is 3.74. The SMILES string of the molecule is O=[N+]([O-])c1cnc(Cl)c2ncccc12. The Hall–Kier alpha value is -1.75. The Morgan fingerprint density at radius 3 is 2.93 bits per heavy atom. The minimum atomic E-state index is -0.507. The second kappa shape index (κ2) is 3.19. The number of hydrogen-bond acceptors (Lipinski definition) is 4. The van der Waals surface area contributed by atoms with Crippen molar-refractivity contribution in [2.45, 2.75) is 0 Å². The lowest BCUT2D eigenvalue weighted by Gasteiger charge is -1.98. The average Bonchev–Trinajstić information content (AvgIpc) is 2.18. The van der Waals surface area contributed by atoms with Crippen LogP contribution in [0.15, 0.2) is 24.5 Å². The minimum absolute atomic E-state index is 0.0856. The lowest BCUT2D eigenvalue weighted by atomic mass is 10.2. The van der Waals surface area contributed by atoms with Crippen molar-refractivity contribution in [1.82, 2.24) is 9.97 Å². The highest BCUT2D eigenvalue weighted by molar-refractivity contribution is 6.34. The van der Waals surface area contributed by atoms with E-state index in [-0.39, 0.29) is 10.8 Å². The first-order chi connectivity index (χ1) is 6.70. The zero-order valence-corrected chi connectivity index (χ0v) is 7.60. The summed E-state index contributed by atoms with van der Waals surface area (Å²) in [6.45, 7) is 0. The summed E-state index contributed by atoms with van der Waals surface area (Å²) in [6.07, 6.45) is 2.64. The molecule has 0 atom stereocenters. The fourth-order valence-corrected chi connectivity index (χ4v) is 1.37. The van der Waals surface area contributed by atoms with Gasteiger partial charge in [0.1, 0.15) is 11.7 Å². The number of nitrogens with zero attached hydrogens (tertiary/aromatic N) is 3. The molecule has 0 unspecified atom stereocenters. The summed E-state index contributed by atoms with van der Waals surface area (Å²) < 4.78 is 0. The Morgan fingerprint density at radius 1 is 1.43 bits per heavy atom. The van der Waals surface area contributed by atoms with Gasteiger partial charge >= 0.3 is 0 Å². The number of fused-ring (bicyclic) bond motifs is 1. The molecule has 0 aliphatic carbocycles. The molecule has 0 aliphatic rings. The van der Waals surface area contributed by atoms with E-state index < -0.39 is 4.92 Å². The predicted octanol–water partition coefficient (Wildman–Crippen LogP) is 2.19. The van der Waals surface area contributed by atoms with Crippen LogP contribution in [-0.2, 0) is 0 Å². The van der Waals surface area contributed by atoms with Crippen LogP contribution in [-0.4, -0.2) is 14.9 Å². The van der Waals surface area contributed by atoms with Gasteiger partial charge in [-0.3, -0.25) is 15.1 Å². The van der Waals surface area contributed by atoms with Crippen LogP contribution in [0.25, 0.3) is 10.9 Å². The molecule has 0 saturated carbocycles. The van der Waals surface area contributed by atoms with Crippen molar-refractivity contribution in [3.63, 3.8) is 0 Å². The van der Waals surface area contributed by atoms with Crippen LogP contribution in [0.1, 0.15) is 0 Å². The zero-order chi connectivity index (χ0) is 10.1. The van der Waals surface area contributed by atoms with E-state index in [0.29, 0.717) is 10.9 Å². The van der Waals surface area contributed by atoms with Gasteiger partial charge in [-0.25, -0.2) is 4.98 Å². The number of nitro groups is 1. The van der Waals surface area contributed by atoms with Crippen molar-refractivity contribution >= 4 is 28.2 Å². The third-order valence-corrected chi connectivity index (χ3v) is 2.05. The molecule has 6 heteroatoms. The van der Waals surface area contributed by atoms with Crippen LogP contribution < -0.4 is 0 Å². The molecule has 0 N–H and O–H groups in total. The topological polar surface area (TPSA) is 68.9 Å². The molecule has 0 bridgehead atoms. The second-order valence-corrected chi connectivity index (χ2v) is 2.95. The van der Waals surface area contributed by atoms with Gasteiger partial charge in [-0.1, -0.05) is 11.6 Å².